The minimum Gasteiger partial charge on any atom is -0.462 e. The lowest BCUT2D eigenvalue weighted by atomic mass is 10.1. The summed E-state index contributed by atoms with van der Waals surface area (Å²) in [4.78, 5) is 30.3. The van der Waals surface area contributed by atoms with Crippen molar-refractivity contribution in [3.8, 4) is 0 Å². The molecule has 0 atom stereocenters. The number of amides is 1. The van der Waals surface area contributed by atoms with Crippen molar-refractivity contribution < 1.29 is 22.7 Å². The Morgan fingerprint density at radius 3 is 2.29 bits per heavy atom. The lowest BCUT2D eigenvalue weighted by Gasteiger charge is -2.18. The number of rotatable bonds is 7. The summed E-state index contributed by atoms with van der Waals surface area (Å²) in [5, 5.41) is 5.83. The molecule has 0 aromatic heterocycles. The smallest absolute Gasteiger partial charge is 0.343 e. The van der Waals surface area contributed by atoms with Crippen molar-refractivity contribution in [1.29, 1.82) is 0 Å². The number of carbonyl (C=O) groups is 2. The Hall–Kier alpha value is -3.50. The van der Waals surface area contributed by atoms with E-state index in [2.05, 4.69) is 15.6 Å². The standard InChI is InChI=1S/C24H28N4O5S/c1-5-28(6-2)34(31,32)18-14-12-17(13-15-18)23(29)27-22-21(24(30)33-7-3)16(4)25-19-10-8-9-11-20(19)26-22/h8-15,25H,5-7H2,1-4H3,(H,26,27,29). The topological polar surface area (TPSA) is 117 Å². The van der Waals surface area contributed by atoms with Crippen molar-refractivity contribution in [3.63, 3.8) is 0 Å². The fourth-order valence-corrected chi connectivity index (χ4v) is 4.97. The molecule has 0 radical (unpaired) electrons. The highest BCUT2D eigenvalue weighted by atomic mass is 32.2. The molecule has 1 heterocycles. The maximum absolute atomic E-state index is 13.0. The number of sulfonamides is 1. The second-order valence-corrected chi connectivity index (χ2v) is 9.33. The molecule has 2 aromatic rings. The molecule has 0 aliphatic carbocycles. The van der Waals surface area contributed by atoms with Crippen LogP contribution < -0.4 is 10.6 Å². The van der Waals surface area contributed by atoms with Crippen LogP contribution in [-0.2, 0) is 19.6 Å². The number of benzene rings is 2. The van der Waals surface area contributed by atoms with Gasteiger partial charge in [0.25, 0.3) is 5.91 Å². The van der Waals surface area contributed by atoms with Crippen molar-refractivity contribution in [3.05, 3.63) is 65.4 Å². The average molecular weight is 485 g/mol. The summed E-state index contributed by atoms with van der Waals surface area (Å²) in [5.41, 5.74) is 2.01. The van der Waals surface area contributed by atoms with Gasteiger partial charge in [-0.2, -0.15) is 4.31 Å². The molecule has 0 saturated carbocycles. The van der Waals surface area contributed by atoms with E-state index in [4.69, 9.17) is 4.74 Å². The fraction of sp³-hybridized carbons (Fsp3) is 0.292. The van der Waals surface area contributed by atoms with Crippen molar-refractivity contribution in [2.45, 2.75) is 32.6 Å². The molecule has 0 saturated heterocycles. The Morgan fingerprint density at radius 1 is 1.03 bits per heavy atom. The largest absolute Gasteiger partial charge is 0.462 e. The zero-order chi connectivity index (χ0) is 24.9. The third-order valence-electron chi connectivity index (χ3n) is 5.24. The monoisotopic (exact) mass is 484 g/mol. The lowest BCUT2D eigenvalue weighted by molar-refractivity contribution is -0.137. The average Bonchev–Trinajstić information content (AvgIpc) is 2.95. The molecule has 9 nitrogen and oxygen atoms in total. The van der Waals surface area contributed by atoms with Gasteiger partial charge in [-0.05, 0) is 50.2 Å². The lowest BCUT2D eigenvalue weighted by Crippen LogP contribution is -2.35. The van der Waals surface area contributed by atoms with Crippen LogP contribution in [0.1, 0.15) is 38.1 Å². The van der Waals surface area contributed by atoms with Gasteiger partial charge in [0, 0.05) is 24.4 Å². The van der Waals surface area contributed by atoms with Crippen LogP contribution in [0.4, 0.5) is 11.4 Å². The molecular formula is C24H28N4O5S. The number of ether oxygens (including phenoxy) is 1. The first-order valence-electron chi connectivity index (χ1n) is 11.0. The number of allylic oxidation sites excluding steroid dienone is 1. The number of anilines is 1. The maximum Gasteiger partial charge on any atom is 0.343 e. The van der Waals surface area contributed by atoms with Gasteiger partial charge in [0.2, 0.25) is 10.0 Å². The van der Waals surface area contributed by atoms with E-state index in [1.807, 2.05) is 12.1 Å². The third-order valence-corrected chi connectivity index (χ3v) is 7.31. The summed E-state index contributed by atoms with van der Waals surface area (Å²) < 4.78 is 31.9. The van der Waals surface area contributed by atoms with E-state index in [1.165, 1.54) is 28.6 Å². The molecule has 1 amide bonds. The number of carbonyl (C=O) groups excluding carboxylic acids is 2. The fourth-order valence-electron chi connectivity index (χ4n) is 3.51. The van der Waals surface area contributed by atoms with Crippen LogP contribution in [-0.4, -0.2) is 50.1 Å². The van der Waals surface area contributed by atoms with E-state index in [0.29, 0.717) is 30.2 Å². The summed E-state index contributed by atoms with van der Waals surface area (Å²) in [7, 11) is -3.64. The van der Waals surface area contributed by atoms with Crippen molar-refractivity contribution in [2.75, 3.05) is 25.0 Å². The first kappa shape index (κ1) is 25.1. The number of aliphatic imine (C=N–C) groups is 1. The molecule has 34 heavy (non-hydrogen) atoms. The minimum atomic E-state index is -3.64. The van der Waals surface area contributed by atoms with Crippen LogP contribution in [0, 0.1) is 0 Å². The molecule has 1 aliphatic heterocycles. The van der Waals surface area contributed by atoms with E-state index >= 15 is 0 Å². The number of esters is 1. The molecule has 1 aliphatic rings. The number of nitrogens with one attached hydrogen (secondary N) is 2. The van der Waals surface area contributed by atoms with E-state index in [9.17, 15) is 18.0 Å². The maximum atomic E-state index is 13.0. The quantitative estimate of drug-likeness (QED) is 0.582. The van der Waals surface area contributed by atoms with Crippen molar-refractivity contribution in [2.24, 2.45) is 4.99 Å². The summed E-state index contributed by atoms with van der Waals surface area (Å²) in [5.74, 6) is -1.13. The molecule has 0 fully saturated rings. The van der Waals surface area contributed by atoms with Crippen LogP contribution in [0.3, 0.4) is 0 Å². The second-order valence-electron chi connectivity index (χ2n) is 7.39. The first-order valence-corrected chi connectivity index (χ1v) is 12.4. The van der Waals surface area contributed by atoms with Gasteiger partial charge in [0.15, 0.2) is 0 Å². The van der Waals surface area contributed by atoms with Gasteiger partial charge in [-0.1, -0.05) is 26.0 Å². The van der Waals surface area contributed by atoms with Gasteiger partial charge in [-0.3, -0.25) is 4.79 Å². The Kier molecular flexibility index (Phi) is 7.85. The Morgan fingerprint density at radius 2 is 1.68 bits per heavy atom. The SMILES string of the molecule is CCOC(=O)C1=C(C)Nc2ccccc2N=C1NC(=O)c1ccc(S(=O)(=O)N(CC)CC)cc1. The van der Waals surface area contributed by atoms with Gasteiger partial charge < -0.3 is 15.4 Å². The predicted molar refractivity (Wildman–Crippen MR) is 131 cm³/mol. The van der Waals surface area contributed by atoms with Gasteiger partial charge >= 0.3 is 5.97 Å². The normalized spacial score (nSPS) is 13.5. The summed E-state index contributed by atoms with van der Waals surface area (Å²) in [6.45, 7) is 7.77. The number of nitrogens with zero attached hydrogens (tertiary/aromatic N) is 2. The van der Waals surface area contributed by atoms with Crippen LogP contribution >= 0.6 is 0 Å². The van der Waals surface area contributed by atoms with Crippen LogP contribution in [0.15, 0.2) is 69.7 Å². The Labute approximate surface area is 199 Å². The van der Waals surface area contributed by atoms with Crippen LogP contribution in [0.25, 0.3) is 0 Å². The number of hydrogen-bond donors (Lipinski definition) is 2. The molecule has 10 heteroatoms. The third kappa shape index (κ3) is 5.18. The Balaban J connectivity index is 1.94. The first-order chi connectivity index (χ1) is 16.2. The van der Waals surface area contributed by atoms with Gasteiger partial charge in [0.1, 0.15) is 11.4 Å². The van der Waals surface area contributed by atoms with Gasteiger partial charge in [-0.15, -0.1) is 0 Å². The van der Waals surface area contributed by atoms with Gasteiger partial charge in [0.05, 0.1) is 22.9 Å². The number of hydrogen-bond acceptors (Lipinski definition) is 7. The molecule has 0 unspecified atom stereocenters. The molecule has 180 valence electrons. The highest BCUT2D eigenvalue weighted by Crippen LogP contribution is 2.30. The molecular weight excluding hydrogens is 456 g/mol. The summed E-state index contributed by atoms with van der Waals surface area (Å²) in [6, 6.07) is 12.8. The summed E-state index contributed by atoms with van der Waals surface area (Å²) >= 11 is 0. The molecule has 0 bridgehead atoms. The minimum absolute atomic E-state index is 0.0400. The van der Waals surface area contributed by atoms with E-state index in [-0.39, 0.29) is 28.5 Å². The van der Waals surface area contributed by atoms with Crippen molar-refractivity contribution >= 4 is 39.1 Å². The molecule has 3 rings (SSSR count). The molecule has 0 spiro atoms. The highest BCUT2D eigenvalue weighted by molar-refractivity contribution is 7.89. The molecule has 2 aromatic carbocycles. The number of para-hydroxylation sites is 2. The highest BCUT2D eigenvalue weighted by Gasteiger charge is 2.27. The molecule has 2 N–H and O–H groups in total. The Bertz CT molecular complexity index is 1250. The van der Waals surface area contributed by atoms with Crippen LogP contribution in [0.2, 0.25) is 0 Å². The van der Waals surface area contributed by atoms with E-state index in [1.54, 1.807) is 39.8 Å². The van der Waals surface area contributed by atoms with Crippen molar-refractivity contribution in [1.82, 2.24) is 9.62 Å². The van der Waals surface area contributed by atoms with E-state index < -0.39 is 21.9 Å². The summed E-state index contributed by atoms with van der Waals surface area (Å²) in [6.07, 6.45) is 0. The second kappa shape index (κ2) is 10.6. The zero-order valence-corrected chi connectivity index (χ0v) is 20.4. The number of fused-ring (bicyclic) bond motifs is 1. The van der Waals surface area contributed by atoms with E-state index in [0.717, 1.165) is 0 Å². The predicted octanol–water partition coefficient (Wildman–Crippen LogP) is 3.44. The van der Waals surface area contributed by atoms with Crippen LogP contribution in [0.5, 0.6) is 0 Å². The van der Waals surface area contributed by atoms with Gasteiger partial charge in [-0.25, -0.2) is 18.2 Å². The number of amidine groups is 1. The zero-order valence-electron chi connectivity index (χ0n) is 19.6.